The van der Waals surface area contributed by atoms with E-state index >= 15 is 0 Å². The Kier molecular flexibility index (Phi) is 12.2. The number of amides is 2. The van der Waals surface area contributed by atoms with Crippen molar-refractivity contribution >= 4 is 11.8 Å². The van der Waals surface area contributed by atoms with Gasteiger partial charge in [-0.05, 0) is 25.2 Å². The number of nitrogens with one attached hydrogen (secondary N) is 1. The molecule has 4 nitrogen and oxygen atoms in total. The molecule has 0 unspecified atom stereocenters. The average molecular weight is 248 g/mol. The van der Waals surface area contributed by atoms with E-state index in [1.807, 2.05) is 13.8 Å². The third-order valence-electron chi connectivity index (χ3n) is 2.23. The summed E-state index contributed by atoms with van der Waals surface area (Å²) in [7, 11) is 0. The maximum Gasteiger partial charge on any atom is 0.248 e. The molecule has 0 aromatic carbocycles. The maximum atomic E-state index is 10.6. The van der Waals surface area contributed by atoms with Crippen LogP contribution in [-0.4, -0.2) is 24.5 Å². The lowest BCUT2D eigenvalue weighted by atomic mass is 10.1. The fourth-order valence-electron chi connectivity index (χ4n) is 1.63. The van der Waals surface area contributed by atoms with Crippen LogP contribution in [0.15, 0.2) is 0 Å². The van der Waals surface area contributed by atoms with Gasteiger partial charge in [-0.15, -0.1) is 0 Å². The third-order valence-corrected chi connectivity index (χ3v) is 2.23. The fourth-order valence-corrected chi connectivity index (χ4v) is 1.63. The highest BCUT2D eigenvalue weighted by atomic mass is 19.1. The molecule has 0 bridgehead atoms. The summed E-state index contributed by atoms with van der Waals surface area (Å²) >= 11 is 0. The molecule has 0 aromatic rings. The summed E-state index contributed by atoms with van der Waals surface area (Å²) in [4.78, 5) is 19.8. The van der Waals surface area contributed by atoms with Crippen molar-refractivity contribution in [3.8, 4) is 0 Å². The number of primary amides is 1. The van der Waals surface area contributed by atoms with Crippen molar-refractivity contribution in [3.05, 3.63) is 0 Å². The molecule has 1 aliphatic rings. The molecule has 17 heavy (non-hydrogen) atoms. The zero-order valence-corrected chi connectivity index (χ0v) is 11.3. The van der Waals surface area contributed by atoms with Crippen molar-refractivity contribution in [2.75, 3.05) is 6.67 Å². The van der Waals surface area contributed by atoms with E-state index in [4.69, 9.17) is 0 Å². The van der Waals surface area contributed by atoms with Gasteiger partial charge in [0, 0.05) is 13.0 Å². The lowest BCUT2D eigenvalue weighted by Gasteiger charge is -2.09. The molecule has 102 valence electrons. The minimum atomic E-state index is -1.06. The van der Waals surface area contributed by atoms with Crippen LogP contribution in [0.1, 0.15) is 47.0 Å². The highest BCUT2D eigenvalue weighted by Gasteiger charge is 2.21. The van der Waals surface area contributed by atoms with Gasteiger partial charge in [-0.25, -0.2) is 4.39 Å². The molecule has 0 aromatic heterocycles. The Morgan fingerprint density at radius 2 is 1.82 bits per heavy atom. The van der Waals surface area contributed by atoms with Crippen molar-refractivity contribution in [1.29, 1.82) is 0 Å². The SMILES string of the molecule is CC.CC(=O)N[C@@H]1CC[C@H](C)C1.NC(=O)CF. The monoisotopic (exact) mass is 248 g/mol. The van der Waals surface area contributed by atoms with Gasteiger partial charge in [0.15, 0.2) is 6.67 Å². The second-order valence-corrected chi connectivity index (χ2v) is 3.92. The van der Waals surface area contributed by atoms with Crippen molar-refractivity contribution in [3.63, 3.8) is 0 Å². The van der Waals surface area contributed by atoms with Crippen LogP contribution in [0.5, 0.6) is 0 Å². The molecule has 0 spiro atoms. The molecule has 3 N–H and O–H groups in total. The van der Waals surface area contributed by atoms with E-state index in [1.165, 1.54) is 19.3 Å². The first-order chi connectivity index (χ1) is 7.95. The van der Waals surface area contributed by atoms with Gasteiger partial charge in [0.25, 0.3) is 0 Å². The maximum absolute atomic E-state index is 10.6. The summed E-state index contributed by atoms with van der Waals surface area (Å²) in [6.45, 7) is 6.77. The molecule has 2 atom stereocenters. The minimum Gasteiger partial charge on any atom is -0.367 e. The van der Waals surface area contributed by atoms with E-state index in [-0.39, 0.29) is 5.91 Å². The van der Waals surface area contributed by atoms with Crippen LogP contribution in [0.4, 0.5) is 4.39 Å². The van der Waals surface area contributed by atoms with Crippen LogP contribution in [0.2, 0.25) is 0 Å². The predicted molar refractivity (Wildman–Crippen MR) is 67.1 cm³/mol. The smallest absolute Gasteiger partial charge is 0.248 e. The first-order valence-corrected chi connectivity index (χ1v) is 6.07. The molecule has 0 saturated heterocycles. The van der Waals surface area contributed by atoms with Gasteiger partial charge in [-0.3, -0.25) is 9.59 Å². The first kappa shape index (κ1) is 18.2. The Bertz CT molecular complexity index is 223. The standard InChI is InChI=1S/C8H15NO.C2H4FNO.C2H6/c1-6-3-4-8(5-6)9-7(2)10;3-1-2(4)5;1-2/h6,8H,3-5H2,1-2H3,(H,9,10);1H2,(H2,4,5);1-2H3/t6-,8+;;/m0../s1. The van der Waals surface area contributed by atoms with Gasteiger partial charge in [0.2, 0.25) is 11.8 Å². The number of rotatable bonds is 2. The Labute approximate surface area is 103 Å². The summed E-state index contributed by atoms with van der Waals surface area (Å²) in [6, 6.07) is 0.465. The van der Waals surface area contributed by atoms with Crippen LogP contribution in [-0.2, 0) is 9.59 Å². The molecule has 1 rings (SSSR count). The van der Waals surface area contributed by atoms with Crippen LogP contribution in [0.3, 0.4) is 0 Å². The summed E-state index contributed by atoms with van der Waals surface area (Å²) in [5.41, 5.74) is 4.28. The quantitative estimate of drug-likeness (QED) is 0.781. The summed E-state index contributed by atoms with van der Waals surface area (Å²) in [5.74, 6) is 0.000880. The summed E-state index contributed by atoms with van der Waals surface area (Å²) < 4.78 is 10.6. The molecule has 1 fully saturated rings. The molecular weight excluding hydrogens is 223 g/mol. The van der Waals surface area contributed by atoms with Crippen LogP contribution in [0, 0.1) is 5.92 Å². The van der Waals surface area contributed by atoms with Gasteiger partial charge >= 0.3 is 0 Å². The lowest BCUT2D eigenvalue weighted by molar-refractivity contribution is -0.120. The number of halogens is 1. The number of carbonyl (C=O) groups excluding carboxylic acids is 2. The van der Waals surface area contributed by atoms with Crippen LogP contribution in [0.25, 0.3) is 0 Å². The zero-order valence-electron chi connectivity index (χ0n) is 11.3. The largest absolute Gasteiger partial charge is 0.367 e. The van der Waals surface area contributed by atoms with E-state index < -0.39 is 12.6 Å². The van der Waals surface area contributed by atoms with E-state index in [2.05, 4.69) is 18.0 Å². The Hall–Kier alpha value is -1.13. The fraction of sp³-hybridized carbons (Fsp3) is 0.833. The number of carbonyl (C=O) groups is 2. The van der Waals surface area contributed by atoms with E-state index in [1.54, 1.807) is 6.92 Å². The van der Waals surface area contributed by atoms with Gasteiger partial charge in [0.1, 0.15) is 0 Å². The molecule has 0 heterocycles. The lowest BCUT2D eigenvalue weighted by Crippen LogP contribution is -2.30. The topological polar surface area (TPSA) is 72.2 Å². The van der Waals surface area contributed by atoms with E-state index in [0.29, 0.717) is 6.04 Å². The van der Waals surface area contributed by atoms with Gasteiger partial charge < -0.3 is 11.1 Å². The minimum absolute atomic E-state index is 0.110. The molecule has 0 aliphatic heterocycles. The summed E-state index contributed by atoms with van der Waals surface area (Å²) in [5, 5.41) is 2.93. The first-order valence-electron chi connectivity index (χ1n) is 6.07. The zero-order chi connectivity index (χ0) is 13.8. The van der Waals surface area contributed by atoms with Crippen molar-refractivity contribution in [2.45, 2.75) is 53.0 Å². The van der Waals surface area contributed by atoms with Crippen molar-refractivity contribution < 1.29 is 14.0 Å². The highest BCUT2D eigenvalue weighted by molar-refractivity contribution is 5.74. The number of hydrogen-bond acceptors (Lipinski definition) is 2. The third kappa shape index (κ3) is 12.8. The highest BCUT2D eigenvalue weighted by Crippen LogP contribution is 2.24. The number of hydrogen-bond donors (Lipinski definition) is 2. The van der Waals surface area contributed by atoms with Gasteiger partial charge in [-0.1, -0.05) is 20.8 Å². The molecule has 0 radical (unpaired) electrons. The Morgan fingerprint density at radius 1 is 1.35 bits per heavy atom. The van der Waals surface area contributed by atoms with Crippen molar-refractivity contribution in [1.82, 2.24) is 5.32 Å². The second kappa shape index (κ2) is 11.4. The molecule has 1 saturated carbocycles. The predicted octanol–water partition coefficient (Wildman–Crippen LogP) is 1.78. The molecular formula is C12H25FN2O2. The van der Waals surface area contributed by atoms with Crippen molar-refractivity contribution in [2.24, 2.45) is 11.7 Å². The molecule has 5 heteroatoms. The molecule has 1 aliphatic carbocycles. The van der Waals surface area contributed by atoms with E-state index in [9.17, 15) is 14.0 Å². The number of alkyl halides is 1. The van der Waals surface area contributed by atoms with Crippen LogP contribution >= 0.6 is 0 Å². The van der Waals surface area contributed by atoms with Gasteiger partial charge in [0.05, 0.1) is 0 Å². The van der Waals surface area contributed by atoms with Crippen LogP contribution < -0.4 is 11.1 Å². The Morgan fingerprint density at radius 3 is 2.06 bits per heavy atom. The number of nitrogens with two attached hydrogens (primary N) is 1. The van der Waals surface area contributed by atoms with E-state index in [0.717, 1.165) is 5.92 Å². The normalized spacial score (nSPS) is 21.5. The second-order valence-electron chi connectivity index (χ2n) is 3.92. The molecule has 2 amide bonds. The Balaban J connectivity index is 0. The summed E-state index contributed by atoms with van der Waals surface area (Å²) in [6.07, 6.45) is 3.60. The van der Waals surface area contributed by atoms with Gasteiger partial charge in [-0.2, -0.15) is 0 Å². The average Bonchev–Trinajstić information content (AvgIpc) is 2.66.